The van der Waals surface area contributed by atoms with E-state index >= 15 is 0 Å². The number of hydrogen-bond donors (Lipinski definition) is 0. The Labute approximate surface area is 190 Å². The lowest BCUT2D eigenvalue weighted by molar-refractivity contribution is 0.0469. The van der Waals surface area contributed by atoms with Gasteiger partial charge in [-0.25, -0.2) is 17.6 Å². The Morgan fingerprint density at radius 2 is 1.71 bits per heavy atom. The van der Waals surface area contributed by atoms with Crippen molar-refractivity contribution >= 4 is 39.2 Å². The van der Waals surface area contributed by atoms with E-state index in [1.165, 1.54) is 41.7 Å². The van der Waals surface area contributed by atoms with Crippen molar-refractivity contribution in [2.45, 2.75) is 18.0 Å². The molecule has 0 spiro atoms. The number of benzene rings is 3. The molecule has 0 N–H and O–H groups in total. The van der Waals surface area contributed by atoms with E-state index in [2.05, 4.69) is 0 Å². The van der Waals surface area contributed by atoms with Gasteiger partial charge in [-0.05, 0) is 35.9 Å². The van der Waals surface area contributed by atoms with Crippen LogP contribution in [0, 0.1) is 5.82 Å². The summed E-state index contributed by atoms with van der Waals surface area (Å²) in [6.07, 6.45) is 0. The van der Waals surface area contributed by atoms with Crippen molar-refractivity contribution in [3.05, 3.63) is 99.3 Å². The smallest absolute Gasteiger partial charge is 0.340 e. The van der Waals surface area contributed by atoms with Crippen molar-refractivity contribution in [2.75, 3.05) is 7.05 Å². The third-order valence-electron chi connectivity index (χ3n) is 4.52. The van der Waals surface area contributed by atoms with E-state index in [0.717, 1.165) is 11.6 Å². The Balaban J connectivity index is 1.81. The van der Waals surface area contributed by atoms with Gasteiger partial charge in [0.25, 0.3) is 0 Å². The summed E-state index contributed by atoms with van der Waals surface area (Å²) in [5, 5.41) is 0.118. The van der Waals surface area contributed by atoms with Crippen molar-refractivity contribution in [3.8, 4) is 0 Å². The molecular weight excluding hydrogens is 464 g/mol. The highest BCUT2D eigenvalue weighted by molar-refractivity contribution is 7.89. The van der Waals surface area contributed by atoms with Gasteiger partial charge in [0.05, 0.1) is 20.5 Å². The van der Waals surface area contributed by atoms with Gasteiger partial charge in [0.15, 0.2) is 0 Å². The molecule has 0 radical (unpaired) electrons. The molecule has 0 aliphatic rings. The summed E-state index contributed by atoms with van der Waals surface area (Å²) in [5.41, 5.74) is 0.673. The number of halogens is 3. The molecule has 0 amide bonds. The summed E-state index contributed by atoms with van der Waals surface area (Å²) >= 11 is 12.0. The third kappa shape index (κ3) is 5.43. The average molecular weight is 482 g/mol. The largest absolute Gasteiger partial charge is 0.457 e. The quantitative estimate of drug-likeness (QED) is 0.429. The predicted molar refractivity (Wildman–Crippen MR) is 117 cm³/mol. The molecule has 0 unspecified atom stereocenters. The van der Waals surface area contributed by atoms with Gasteiger partial charge in [0, 0.05) is 19.2 Å². The Morgan fingerprint density at radius 1 is 1.00 bits per heavy atom. The molecule has 0 aliphatic carbocycles. The average Bonchev–Trinajstić information content (AvgIpc) is 2.74. The fourth-order valence-corrected chi connectivity index (χ4v) is 4.41. The zero-order valence-electron chi connectivity index (χ0n) is 16.4. The van der Waals surface area contributed by atoms with Gasteiger partial charge >= 0.3 is 5.97 Å². The molecule has 5 nitrogen and oxygen atoms in total. The molecule has 0 atom stereocenters. The normalized spacial score (nSPS) is 11.5. The minimum Gasteiger partial charge on any atom is -0.457 e. The standard InChI is InChI=1S/C22H18Cl2FNO4S/c1-26(13-15-6-3-2-4-7-15)31(28,29)16-10-11-20(24)17(12-16)22(27)30-14-18-19(23)8-5-9-21(18)25/h2-12H,13-14H2,1H3. The summed E-state index contributed by atoms with van der Waals surface area (Å²) < 4.78 is 46.1. The molecule has 0 aromatic heterocycles. The second kappa shape index (κ2) is 9.78. The van der Waals surface area contributed by atoms with Crippen LogP contribution in [0.1, 0.15) is 21.5 Å². The van der Waals surface area contributed by atoms with Gasteiger partial charge in [-0.1, -0.05) is 59.6 Å². The monoisotopic (exact) mass is 481 g/mol. The van der Waals surface area contributed by atoms with Gasteiger partial charge in [0.1, 0.15) is 12.4 Å². The molecule has 0 aliphatic heterocycles. The first kappa shape index (κ1) is 23.2. The van der Waals surface area contributed by atoms with Crippen LogP contribution in [0.3, 0.4) is 0 Å². The summed E-state index contributed by atoms with van der Waals surface area (Å²) in [5.74, 6) is -1.52. The molecule has 9 heteroatoms. The first-order valence-electron chi connectivity index (χ1n) is 9.10. The number of ether oxygens (including phenoxy) is 1. The molecule has 0 heterocycles. The van der Waals surface area contributed by atoms with Crippen molar-refractivity contribution in [2.24, 2.45) is 0 Å². The van der Waals surface area contributed by atoms with Crippen LogP contribution in [0.25, 0.3) is 0 Å². The lowest BCUT2D eigenvalue weighted by Crippen LogP contribution is -2.26. The number of rotatable bonds is 7. The first-order chi connectivity index (χ1) is 14.7. The van der Waals surface area contributed by atoms with E-state index in [-0.39, 0.29) is 32.6 Å². The van der Waals surface area contributed by atoms with Crippen LogP contribution >= 0.6 is 23.2 Å². The second-order valence-corrected chi connectivity index (χ2v) is 9.52. The van der Waals surface area contributed by atoms with Gasteiger partial charge in [-0.3, -0.25) is 0 Å². The number of carbonyl (C=O) groups is 1. The molecule has 0 bridgehead atoms. The summed E-state index contributed by atoms with van der Waals surface area (Å²) in [6.45, 7) is -0.275. The highest BCUT2D eigenvalue weighted by atomic mass is 35.5. The highest BCUT2D eigenvalue weighted by Crippen LogP contribution is 2.25. The number of hydrogen-bond acceptors (Lipinski definition) is 4. The Kier molecular flexibility index (Phi) is 7.33. The maximum Gasteiger partial charge on any atom is 0.340 e. The molecule has 31 heavy (non-hydrogen) atoms. The van der Waals surface area contributed by atoms with Gasteiger partial charge < -0.3 is 4.74 Å². The zero-order chi connectivity index (χ0) is 22.6. The predicted octanol–water partition coefficient (Wildman–Crippen LogP) is 5.31. The highest BCUT2D eigenvalue weighted by Gasteiger charge is 2.24. The first-order valence-corrected chi connectivity index (χ1v) is 11.3. The summed E-state index contributed by atoms with van der Waals surface area (Å²) in [6, 6.07) is 16.9. The van der Waals surface area contributed by atoms with E-state index in [0.29, 0.717) is 0 Å². The van der Waals surface area contributed by atoms with Gasteiger partial charge in [0.2, 0.25) is 10.0 Å². The molecule has 0 fully saturated rings. The lowest BCUT2D eigenvalue weighted by Gasteiger charge is -2.18. The van der Waals surface area contributed by atoms with E-state index in [1.54, 1.807) is 0 Å². The third-order valence-corrected chi connectivity index (χ3v) is 7.01. The molecule has 3 aromatic rings. The van der Waals surface area contributed by atoms with Gasteiger partial charge in [-0.2, -0.15) is 4.31 Å². The lowest BCUT2D eigenvalue weighted by atomic mass is 10.2. The molecular formula is C22H18Cl2FNO4S. The number of carbonyl (C=O) groups excluding carboxylic acids is 1. The molecule has 0 saturated heterocycles. The van der Waals surface area contributed by atoms with Crippen LogP contribution < -0.4 is 0 Å². The van der Waals surface area contributed by atoms with Gasteiger partial charge in [-0.15, -0.1) is 0 Å². The summed E-state index contributed by atoms with van der Waals surface area (Å²) in [4.78, 5) is 12.4. The number of esters is 1. The zero-order valence-corrected chi connectivity index (χ0v) is 18.7. The van der Waals surface area contributed by atoms with Crippen LogP contribution in [-0.2, 0) is 27.9 Å². The summed E-state index contributed by atoms with van der Waals surface area (Å²) in [7, 11) is -2.47. The Bertz CT molecular complexity index is 1180. The van der Waals surface area contributed by atoms with Crippen molar-refractivity contribution in [1.29, 1.82) is 0 Å². The maximum atomic E-state index is 13.9. The van der Waals surface area contributed by atoms with Crippen LogP contribution in [0.4, 0.5) is 4.39 Å². The fourth-order valence-electron chi connectivity index (χ4n) is 2.81. The minimum absolute atomic E-state index is 0.00860. The van der Waals surface area contributed by atoms with E-state index in [4.69, 9.17) is 27.9 Å². The SMILES string of the molecule is CN(Cc1ccccc1)S(=O)(=O)c1ccc(Cl)c(C(=O)OCc2c(F)cccc2Cl)c1. The maximum absolute atomic E-state index is 13.9. The fraction of sp³-hybridized carbons (Fsp3) is 0.136. The van der Waals surface area contributed by atoms with Crippen LogP contribution in [0.2, 0.25) is 10.0 Å². The molecule has 3 rings (SSSR count). The molecule has 0 saturated carbocycles. The molecule has 3 aromatic carbocycles. The minimum atomic E-state index is -3.90. The van der Waals surface area contributed by atoms with Crippen LogP contribution in [0.15, 0.2) is 71.6 Å². The topological polar surface area (TPSA) is 63.7 Å². The van der Waals surface area contributed by atoms with Crippen LogP contribution in [-0.4, -0.2) is 25.7 Å². The number of nitrogens with zero attached hydrogens (tertiary/aromatic N) is 1. The molecule has 162 valence electrons. The van der Waals surface area contributed by atoms with E-state index in [9.17, 15) is 17.6 Å². The van der Waals surface area contributed by atoms with Crippen molar-refractivity contribution < 1.29 is 22.3 Å². The van der Waals surface area contributed by atoms with Crippen LogP contribution in [0.5, 0.6) is 0 Å². The van der Waals surface area contributed by atoms with E-state index in [1.807, 2.05) is 30.3 Å². The van der Waals surface area contributed by atoms with Crippen molar-refractivity contribution in [1.82, 2.24) is 4.31 Å². The Morgan fingerprint density at radius 3 is 2.39 bits per heavy atom. The number of sulfonamides is 1. The Hall–Kier alpha value is -2.45. The second-order valence-electron chi connectivity index (χ2n) is 6.66. The van der Waals surface area contributed by atoms with E-state index < -0.39 is 28.4 Å². The van der Waals surface area contributed by atoms with Crippen molar-refractivity contribution in [3.63, 3.8) is 0 Å².